The van der Waals surface area contributed by atoms with Gasteiger partial charge in [0, 0.05) is 13.0 Å². The van der Waals surface area contributed by atoms with E-state index < -0.39 is 0 Å². The second-order valence-corrected chi connectivity index (χ2v) is 5.23. The molecule has 0 aromatic rings. The van der Waals surface area contributed by atoms with E-state index in [-0.39, 0.29) is 18.0 Å². The minimum atomic E-state index is -0.311. The number of hydrogen-bond acceptors (Lipinski definition) is 4. The van der Waals surface area contributed by atoms with Crippen LogP contribution < -0.4 is 0 Å². The van der Waals surface area contributed by atoms with Crippen LogP contribution in [-0.4, -0.2) is 52.7 Å². The first-order chi connectivity index (χ1) is 8.20. The van der Waals surface area contributed by atoms with Crippen LogP contribution >= 0.6 is 11.8 Å². The highest BCUT2D eigenvalue weighted by atomic mass is 32.2. The van der Waals surface area contributed by atoms with Crippen LogP contribution in [0.5, 0.6) is 0 Å². The van der Waals surface area contributed by atoms with Gasteiger partial charge in [-0.15, -0.1) is 11.8 Å². The fraction of sp³-hybridized carbons (Fsp3) is 0.727. The van der Waals surface area contributed by atoms with Gasteiger partial charge in [-0.2, -0.15) is 0 Å². The van der Waals surface area contributed by atoms with Crippen molar-refractivity contribution in [2.24, 2.45) is 5.92 Å². The number of imide groups is 1. The molecule has 3 amide bonds. The van der Waals surface area contributed by atoms with Crippen LogP contribution in [0.15, 0.2) is 0 Å². The van der Waals surface area contributed by atoms with Gasteiger partial charge in [0.15, 0.2) is 0 Å². The van der Waals surface area contributed by atoms with E-state index in [0.717, 1.165) is 19.1 Å². The van der Waals surface area contributed by atoms with Crippen molar-refractivity contribution in [2.45, 2.75) is 25.3 Å². The van der Waals surface area contributed by atoms with Crippen LogP contribution in [0, 0.1) is 5.92 Å². The van der Waals surface area contributed by atoms with Gasteiger partial charge in [-0.3, -0.25) is 9.69 Å². The Morgan fingerprint density at radius 3 is 2.65 bits per heavy atom. The Balaban J connectivity index is 2.13. The molecule has 0 bridgehead atoms. The zero-order chi connectivity index (χ0) is 12.4. The molecule has 5 nitrogen and oxygen atoms in total. The van der Waals surface area contributed by atoms with Gasteiger partial charge in [-0.1, -0.05) is 0 Å². The summed E-state index contributed by atoms with van der Waals surface area (Å²) >= 11 is 1.45. The number of aldehydes is 1. The molecule has 1 saturated carbocycles. The van der Waals surface area contributed by atoms with E-state index in [4.69, 9.17) is 0 Å². The molecule has 0 aromatic carbocycles. The number of urea groups is 1. The Kier molecular flexibility index (Phi) is 3.71. The highest BCUT2D eigenvalue weighted by molar-refractivity contribution is 7.98. The van der Waals surface area contributed by atoms with Crippen LogP contribution in [0.3, 0.4) is 0 Å². The fourth-order valence-corrected chi connectivity index (χ4v) is 2.70. The van der Waals surface area contributed by atoms with Crippen LogP contribution in [0.2, 0.25) is 0 Å². The Morgan fingerprint density at radius 1 is 1.41 bits per heavy atom. The first-order valence-corrected chi connectivity index (χ1v) is 7.14. The minimum absolute atomic E-state index is 0.0854. The molecule has 2 rings (SSSR count). The zero-order valence-corrected chi connectivity index (χ0v) is 10.6. The van der Waals surface area contributed by atoms with Crippen molar-refractivity contribution in [2.75, 3.05) is 18.7 Å². The van der Waals surface area contributed by atoms with Gasteiger partial charge in [0.1, 0.15) is 12.3 Å². The summed E-state index contributed by atoms with van der Waals surface area (Å²) in [6.45, 7) is 0.361. The summed E-state index contributed by atoms with van der Waals surface area (Å²) in [7, 11) is 0. The molecule has 0 aromatic heterocycles. The molecule has 1 heterocycles. The predicted molar refractivity (Wildman–Crippen MR) is 64.5 cm³/mol. The quantitative estimate of drug-likeness (QED) is 0.524. The van der Waals surface area contributed by atoms with Gasteiger partial charge in [0.2, 0.25) is 0 Å². The van der Waals surface area contributed by atoms with E-state index in [2.05, 4.69) is 0 Å². The van der Waals surface area contributed by atoms with Crippen molar-refractivity contribution in [3.63, 3.8) is 0 Å². The molecule has 1 atom stereocenters. The molecule has 1 saturated heterocycles. The third kappa shape index (κ3) is 2.31. The van der Waals surface area contributed by atoms with Gasteiger partial charge < -0.3 is 9.69 Å². The molecule has 2 fully saturated rings. The number of nitrogens with zero attached hydrogens (tertiary/aromatic N) is 2. The SMILES string of the molecule is CSCN1C(=O)C(C2CC2)N(CCC=O)C1=O. The number of thioether (sulfide) groups is 1. The van der Waals surface area contributed by atoms with Crippen LogP contribution in [0.4, 0.5) is 4.79 Å². The standard InChI is InChI=1S/C11H16N2O3S/c1-17-7-13-10(15)9(8-3-4-8)12(11(13)16)5-2-6-14/h6,8-9H,2-5,7H2,1H3. The molecule has 6 heteroatoms. The van der Waals surface area contributed by atoms with E-state index in [0.29, 0.717) is 24.8 Å². The van der Waals surface area contributed by atoms with E-state index in [9.17, 15) is 14.4 Å². The normalized spacial score (nSPS) is 24.6. The summed E-state index contributed by atoms with van der Waals surface area (Å²) in [5, 5.41) is 0. The number of carbonyl (C=O) groups is 3. The van der Waals surface area contributed by atoms with E-state index in [1.807, 2.05) is 6.26 Å². The van der Waals surface area contributed by atoms with Gasteiger partial charge in [0.25, 0.3) is 5.91 Å². The smallest absolute Gasteiger partial charge is 0.311 e. The van der Waals surface area contributed by atoms with E-state index in [1.54, 1.807) is 4.90 Å². The molecule has 1 aliphatic carbocycles. The van der Waals surface area contributed by atoms with Crippen LogP contribution in [0.1, 0.15) is 19.3 Å². The summed E-state index contributed by atoms with van der Waals surface area (Å²) in [6, 6.07) is -0.544. The van der Waals surface area contributed by atoms with Crippen molar-refractivity contribution in [3.05, 3.63) is 0 Å². The number of rotatable bonds is 6. The van der Waals surface area contributed by atoms with Gasteiger partial charge in [-0.05, 0) is 25.0 Å². The third-order valence-electron chi connectivity index (χ3n) is 3.15. The lowest BCUT2D eigenvalue weighted by atomic mass is 10.1. The highest BCUT2D eigenvalue weighted by Crippen LogP contribution is 2.39. The molecule has 2 aliphatic rings. The van der Waals surface area contributed by atoms with Gasteiger partial charge >= 0.3 is 6.03 Å². The summed E-state index contributed by atoms with van der Waals surface area (Å²) < 4.78 is 0. The van der Waals surface area contributed by atoms with Crippen LogP contribution in [0.25, 0.3) is 0 Å². The van der Waals surface area contributed by atoms with E-state index in [1.165, 1.54) is 16.7 Å². The second kappa shape index (κ2) is 5.08. The first-order valence-electron chi connectivity index (χ1n) is 5.75. The number of hydrogen-bond donors (Lipinski definition) is 0. The lowest BCUT2D eigenvalue weighted by molar-refractivity contribution is -0.128. The largest absolute Gasteiger partial charge is 0.328 e. The monoisotopic (exact) mass is 256 g/mol. The topological polar surface area (TPSA) is 57.7 Å². The molecule has 1 unspecified atom stereocenters. The average Bonchev–Trinajstić information content (AvgIpc) is 3.10. The van der Waals surface area contributed by atoms with Crippen molar-refractivity contribution >= 4 is 30.0 Å². The number of amides is 3. The molecular weight excluding hydrogens is 240 g/mol. The third-order valence-corrected chi connectivity index (χ3v) is 3.66. The average molecular weight is 256 g/mol. The molecule has 0 spiro atoms. The molecule has 17 heavy (non-hydrogen) atoms. The Morgan fingerprint density at radius 2 is 2.12 bits per heavy atom. The van der Waals surface area contributed by atoms with Crippen molar-refractivity contribution in [1.82, 2.24) is 9.80 Å². The fourth-order valence-electron chi connectivity index (χ4n) is 2.20. The summed E-state index contributed by atoms with van der Waals surface area (Å²) in [4.78, 5) is 37.5. The Hall–Kier alpha value is -1.04. The van der Waals surface area contributed by atoms with E-state index >= 15 is 0 Å². The maximum absolute atomic E-state index is 12.1. The maximum atomic E-state index is 12.1. The van der Waals surface area contributed by atoms with Gasteiger partial charge in [0.05, 0.1) is 5.88 Å². The summed E-state index contributed by atoms with van der Waals surface area (Å²) in [5.41, 5.74) is 0. The minimum Gasteiger partial charge on any atom is -0.311 e. The highest BCUT2D eigenvalue weighted by Gasteiger charge is 2.51. The molecule has 1 aliphatic heterocycles. The van der Waals surface area contributed by atoms with Crippen LogP contribution in [-0.2, 0) is 9.59 Å². The molecule has 94 valence electrons. The predicted octanol–water partition coefficient (Wildman–Crippen LogP) is 0.939. The second-order valence-electron chi connectivity index (χ2n) is 4.40. The molecule has 0 radical (unpaired) electrons. The Labute approximate surface area is 105 Å². The van der Waals surface area contributed by atoms with Crippen molar-refractivity contribution < 1.29 is 14.4 Å². The lowest BCUT2D eigenvalue weighted by Gasteiger charge is -2.20. The first kappa shape index (κ1) is 12.4. The van der Waals surface area contributed by atoms with Crippen molar-refractivity contribution in [3.8, 4) is 0 Å². The summed E-state index contributed by atoms with van der Waals surface area (Å²) in [5.74, 6) is 0.626. The molecule has 0 N–H and O–H groups in total. The zero-order valence-electron chi connectivity index (χ0n) is 9.80. The summed E-state index contributed by atoms with van der Waals surface area (Å²) in [6.07, 6.45) is 4.97. The lowest BCUT2D eigenvalue weighted by Crippen LogP contribution is -2.37. The Bertz CT molecular complexity index is 344. The maximum Gasteiger partial charge on any atom is 0.328 e. The van der Waals surface area contributed by atoms with Gasteiger partial charge in [-0.25, -0.2) is 4.79 Å². The molecular formula is C11H16N2O3S. The number of carbonyl (C=O) groups excluding carboxylic acids is 3. The van der Waals surface area contributed by atoms with Crippen molar-refractivity contribution in [1.29, 1.82) is 0 Å².